The molecule has 2 heterocycles. The third kappa shape index (κ3) is 4.19. The quantitative estimate of drug-likeness (QED) is 0.635. The Hall–Kier alpha value is -1.93. The van der Waals surface area contributed by atoms with Crippen LogP contribution < -0.4 is 5.32 Å². The standard InChI is InChI=1S/C17H24N4O2S2/c1-7-12-8-13(16(22)23-6)15(25-12)18-17(24)20(4)9-14-10(2)19-21(5)11(14)3/h8H,7,9H2,1-6H3,(H,18,24). The fraction of sp³-hybridized carbons (Fsp3) is 0.471. The number of esters is 1. The second kappa shape index (κ2) is 7.97. The van der Waals surface area contributed by atoms with Crippen molar-refractivity contribution in [3.05, 3.63) is 33.5 Å². The number of hydrogen-bond donors (Lipinski definition) is 1. The van der Waals surface area contributed by atoms with E-state index in [2.05, 4.69) is 17.3 Å². The summed E-state index contributed by atoms with van der Waals surface area (Å²) in [6.45, 7) is 6.74. The fourth-order valence-corrected chi connectivity index (χ4v) is 3.73. The molecule has 0 fully saturated rings. The third-order valence-corrected chi connectivity index (χ3v) is 5.77. The van der Waals surface area contributed by atoms with E-state index in [0.29, 0.717) is 17.2 Å². The molecular weight excluding hydrogens is 356 g/mol. The van der Waals surface area contributed by atoms with Gasteiger partial charge in [-0.2, -0.15) is 5.10 Å². The van der Waals surface area contributed by atoms with Gasteiger partial charge in [-0.3, -0.25) is 4.68 Å². The fourth-order valence-electron chi connectivity index (χ4n) is 2.52. The van der Waals surface area contributed by atoms with Gasteiger partial charge in [-0.15, -0.1) is 11.3 Å². The first kappa shape index (κ1) is 19.4. The first-order valence-electron chi connectivity index (χ1n) is 8.00. The first-order chi connectivity index (χ1) is 11.8. The van der Waals surface area contributed by atoms with E-state index in [0.717, 1.165) is 33.3 Å². The average Bonchev–Trinajstić information content (AvgIpc) is 3.10. The summed E-state index contributed by atoms with van der Waals surface area (Å²) in [5, 5.41) is 8.91. The van der Waals surface area contributed by atoms with Crippen LogP contribution >= 0.6 is 23.6 Å². The van der Waals surface area contributed by atoms with Crippen molar-refractivity contribution in [2.75, 3.05) is 19.5 Å². The van der Waals surface area contributed by atoms with E-state index >= 15 is 0 Å². The molecule has 0 saturated heterocycles. The molecule has 6 nitrogen and oxygen atoms in total. The number of carbonyl (C=O) groups is 1. The topological polar surface area (TPSA) is 59.4 Å². The maximum atomic E-state index is 12.0. The minimum Gasteiger partial charge on any atom is -0.465 e. The van der Waals surface area contributed by atoms with Crippen LogP contribution in [-0.2, 0) is 24.8 Å². The summed E-state index contributed by atoms with van der Waals surface area (Å²) < 4.78 is 6.74. The van der Waals surface area contributed by atoms with Gasteiger partial charge in [-0.25, -0.2) is 4.79 Å². The lowest BCUT2D eigenvalue weighted by Crippen LogP contribution is -2.31. The van der Waals surface area contributed by atoms with Crippen LogP contribution in [0.25, 0.3) is 0 Å². The van der Waals surface area contributed by atoms with E-state index in [1.807, 2.05) is 43.6 Å². The summed E-state index contributed by atoms with van der Waals surface area (Å²) in [5.74, 6) is -0.358. The Labute approximate surface area is 157 Å². The molecule has 0 bridgehead atoms. The molecule has 0 saturated carbocycles. The Bertz CT molecular complexity index is 795. The van der Waals surface area contributed by atoms with Crippen LogP contribution in [0.2, 0.25) is 0 Å². The van der Waals surface area contributed by atoms with E-state index < -0.39 is 0 Å². The second-order valence-electron chi connectivity index (χ2n) is 5.86. The summed E-state index contributed by atoms with van der Waals surface area (Å²) in [6.07, 6.45) is 0.854. The molecule has 25 heavy (non-hydrogen) atoms. The van der Waals surface area contributed by atoms with Crippen molar-refractivity contribution >= 4 is 39.6 Å². The number of aryl methyl sites for hydroxylation is 3. The van der Waals surface area contributed by atoms with Gasteiger partial charge in [-0.05, 0) is 38.6 Å². The molecule has 0 aromatic carbocycles. The molecule has 2 aromatic heterocycles. The number of carbonyl (C=O) groups excluding carboxylic acids is 1. The van der Waals surface area contributed by atoms with Crippen molar-refractivity contribution in [2.45, 2.75) is 33.7 Å². The van der Waals surface area contributed by atoms with Gasteiger partial charge < -0.3 is 15.0 Å². The van der Waals surface area contributed by atoms with Crippen molar-refractivity contribution in [3.63, 3.8) is 0 Å². The van der Waals surface area contributed by atoms with Gasteiger partial charge >= 0.3 is 5.97 Å². The van der Waals surface area contributed by atoms with E-state index in [4.69, 9.17) is 17.0 Å². The number of thiocarbonyl (C=S) groups is 1. The zero-order valence-electron chi connectivity index (χ0n) is 15.5. The molecule has 136 valence electrons. The molecule has 0 amide bonds. The van der Waals surface area contributed by atoms with Crippen LogP contribution in [0.1, 0.15) is 39.1 Å². The summed E-state index contributed by atoms with van der Waals surface area (Å²) in [4.78, 5) is 15.0. The van der Waals surface area contributed by atoms with Crippen molar-refractivity contribution in [1.82, 2.24) is 14.7 Å². The van der Waals surface area contributed by atoms with Crippen molar-refractivity contribution < 1.29 is 9.53 Å². The van der Waals surface area contributed by atoms with Crippen LogP contribution in [0.15, 0.2) is 6.07 Å². The number of rotatable bonds is 5. The molecule has 0 atom stereocenters. The molecule has 0 radical (unpaired) electrons. The van der Waals surface area contributed by atoms with Gasteiger partial charge in [0.05, 0.1) is 18.4 Å². The smallest absolute Gasteiger partial charge is 0.340 e. The van der Waals surface area contributed by atoms with Gasteiger partial charge in [0.2, 0.25) is 0 Å². The van der Waals surface area contributed by atoms with Crippen LogP contribution in [0, 0.1) is 13.8 Å². The summed E-state index contributed by atoms with van der Waals surface area (Å²) >= 11 is 7.04. The van der Waals surface area contributed by atoms with E-state index in [-0.39, 0.29) is 5.97 Å². The summed E-state index contributed by atoms with van der Waals surface area (Å²) in [6, 6.07) is 1.86. The number of nitrogens with zero attached hydrogens (tertiary/aromatic N) is 3. The van der Waals surface area contributed by atoms with Crippen LogP contribution in [0.4, 0.5) is 5.00 Å². The maximum absolute atomic E-state index is 12.0. The summed E-state index contributed by atoms with van der Waals surface area (Å²) in [5.41, 5.74) is 3.79. The predicted molar refractivity (Wildman–Crippen MR) is 105 cm³/mol. The van der Waals surface area contributed by atoms with Crippen molar-refractivity contribution in [2.24, 2.45) is 7.05 Å². The van der Waals surface area contributed by atoms with Gasteiger partial charge in [0.1, 0.15) is 5.00 Å². The van der Waals surface area contributed by atoms with Gasteiger partial charge in [-0.1, -0.05) is 6.92 Å². The number of thiophene rings is 1. The third-order valence-electron chi connectivity index (χ3n) is 4.16. The zero-order valence-corrected chi connectivity index (χ0v) is 17.1. The molecular formula is C17H24N4O2S2. The van der Waals surface area contributed by atoms with Crippen LogP contribution in [0.3, 0.4) is 0 Å². The minimum absolute atomic E-state index is 0.358. The van der Waals surface area contributed by atoms with Crippen molar-refractivity contribution in [1.29, 1.82) is 0 Å². The van der Waals surface area contributed by atoms with E-state index in [9.17, 15) is 4.79 Å². The Kier molecular flexibility index (Phi) is 6.18. The first-order valence-corrected chi connectivity index (χ1v) is 9.23. The minimum atomic E-state index is -0.358. The lowest BCUT2D eigenvalue weighted by Gasteiger charge is -2.21. The maximum Gasteiger partial charge on any atom is 0.340 e. The number of nitrogens with one attached hydrogen (secondary N) is 1. The normalized spacial score (nSPS) is 10.6. The van der Waals surface area contributed by atoms with Gasteiger partial charge in [0, 0.05) is 36.8 Å². The van der Waals surface area contributed by atoms with Crippen LogP contribution in [0.5, 0.6) is 0 Å². The predicted octanol–water partition coefficient (Wildman–Crippen LogP) is 3.28. The molecule has 1 N–H and O–H groups in total. The Morgan fingerprint density at radius 1 is 1.48 bits per heavy atom. The Morgan fingerprint density at radius 2 is 2.16 bits per heavy atom. The second-order valence-corrected chi connectivity index (χ2v) is 7.38. The largest absolute Gasteiger partial charge is 0.465 e. The van der Waals surface area contributed by atoms with Gasteiger partial charge in [0.15, 0.2) is 5.11 Å². The highest BCUT2D eigenvalue weighted by Crippen LogP contribution is 2.29. The lowest BCUT2D eigenvalue weighted by atomic mass is 10.2. The highest BCUT2D eigenvalue weighted by Gasteiger charge is 2.19. The molecule has 2 aromatic rings. The Morgan fingerprint density at radius 3 is 2.68 bits per heavy atom. The Balaban J connectivity index is 2.16. The molecule has 0 spiro atoms. The van der Waals surface area contributed by atoms with E-state index in [1.54, 1.807) is 0 Å². The highest BCUT2D eigenvalue weighted by molar-refractivity contribution is 7.80. The highest BCUT2D eigenvalue weighted by atomic mass is 32.1. The number of anilines is 1. The molecule has 0 aliphatic carbocycles. The average molecular weight is 381 g/mol. The van der Waals surface area contributed by atoms with Crippen LogP contribution in [-0.4, -0.2) is 39.9 Å². The number of hydrogen-bond acceptors (Lipinski definition) is 5. The number of aromatic nitrogens is 2. The molecule has 8 heteroatoms. The molecule has 0 aliphatic rings. The molecule has 0 aliphatic heterocycles. The lowest BCUT2D eigenvalue weighted by molar-refractivity contribution is 0.0602. The zero-order chi connectivity index (χ0) is 18.7. The monoisotopic (exact) mass is 380 g/mol. The molecule has 2 rings (SSSR count). The summed E-state index contributed by atoms with van der Waals surface area (Å²) in [7, 11) is 5.24. The van der Waals surface area contributed by atoms with E-state index in [1.165, 1.54) is 18.4 Å². The van der Waals surface area contributed by atoms with Gasteiger partial charge in [0.25, 0.3) is 0 Å². The number of ether oxygens (including phenoxy) is 1. The van der Waals surface area contributed by atoms with Crippen molar-refractivity contribution in [3.8, 4) is 0 Å². The number of methoxy groups -OCH3 is 1. The SMILES string of the molecule is CCc1cc(C(=O)OC)c(NC(=S)N(C)Cc2c(C)nn(C)c2C)s1. The molecule has 0 unspecified atom stereocenters.